The van der Waals surface area contributed by atoms with Crippen molar-refractivity contribution in [1.82, 2.24) is 15.8 Å². The Balaban J connectivity index is 1.51. The summed E-state index contributed by atoms with van der Waals surface area (Å²) in [7, 11) is 0. The average Bonchev–Trinajstić information content (AvgIpc) is 3.43. The number of aromatic nitrogens is 1. The lowest BCUT2D eigenvalue weighted by molar-refractivity contribution is -0.121. The summed E-state index contributed by atoms with van der Waals surface area (Å²) in [6.45, 7) is 0. The third-order valence-corrected chi connectivity index (χ3v) is 4.23. The topological polar surface area (TPSA) is 97.4 Å². The van der Waals surface area contributed by atoms with Crippen LogP contribution in [0.1, 0.15) is 22.5 Å². The lowest BCUT2D eigenvalue weighted by Gasteiger charge is -2.10. The number of hydrogen-bond acceptors (Lipinski definition) is 5. The van der Waals surface area contributed by atoms with E-state index < -0.39 is 5.91 Å². The predicted molar refractivity (Wildman–Crippen MR) is 102 cm³/mol. The van der Waals surface area contributed by atoms with Crippen LogP contribution in [0.5, 0.6) is 0 Å². The molecule has 2 N–H and O–H groups in total. The van der Waals surface area contributed by atoms with Gasteiger partial charge in [0, 0.05) is 18.2 Å². The molecular formula is C21H17N3O4. The second-order valence-electron chi connectivity index (χ2n) is 6.13. The Morgan fingerprint density at radius 3 is 2.54 bits per heavy atom. The maximum Gasteiger partial charge on any atom is 0.270 e. The Labute approximate surface area is 160 Å². The molecule has 7 heteroatoms. The van der Waals surface area contributed by atoms with Crippen LogP contribution in [0.15, 0.2) is 76.0 Å². The van der Waals surface area contributed by atoms with Crippen molar-refractivity contribution in [3.63, 3.8) is 0 Å². The molecule has 0 radical (unpaired) electrons. The van der Waals surface area contributed by atoms with E-state index in [0.29, 0.717) is 40.1 Å². The second kappa shape index (κ2) is 7.79. The number of pyridine rings is 1. The quantitative estimate of drug-likeness (QED) is 0.521. The van der Waals surface area contributed by atoms with E-state index in [4.69, 9.17) is 8.83 Å². The van der Waals surface area contributed by atoms with Gasteiger partial charge in [-0.15, -0.1) is 0 Å². The van der Waals surface area contributed by atoms with E-state index in [0.717, 1.165) is 0 Å². The van der Waals surface area contributed by atoms with Gasteiger partial charge in [0.2, 0.25) is 5.91 Å². The summed E-state index contributed by atoms with van der Waals surface area (Å²) in [6.07, 6.45) is 3.75. The summed E-state index contributed by atoms with van der Waals surface area (Å²) in [5.74, 6) is 0.527. The first kappa shape index (κ1) is 17.5. The molecule has 4 rings (SSSR count). The van der Waals surface area contributed by atoms with Gasteiger partial charge in [-0.2, -0.15) is 0 Å². The van der Waals surface area contributed by atoms with Gasteiger partial charge in [-0.05, 0) is 36.4 Å². The van der Waals surface area contributed by atoms with Gasteiger partial charge in [-0.3, -0.25) is 20.4 Å². The Bertz CT molecular complexity index is 1100. The molecule has 0 aliphatic rings. The maximum atomic E-state index is 12.7. The number of nitrogens with zero attached hydrogens (tertiary/aromatic N) is 1. The SMILES string of the molecule is O=C(CCc1ccco1)NNC(=O)c1cc(-c2ccco2)nc2ccccc12. The van der Waals surface area contributed by atoms with Gasteiger partial charge in [0.05, 0.1) is 23.6 Å². The van der Waals surface area contributed by atoms with Crippen LogP contribution in [0, 0.1) is 0 Å². The Hall–Kier alpha value is -3.87. The number of nitrogens with one attached hydrogen (secondary N) is 2. The largest absolute Gasteiger partial charge is 0.469 e. The van der Waals surface area contributed by atoms with Crippen LogP contribution >= 0.6 is 0 Å². The minimum Gasteiger partial charge on any atom is -0.469 e. The van der Waals surface area contributed by atoms with Crippen LogP contribution in [0.2, 0.25) is 0 Å². The molecule has 0 atom stereocenters. The number of carbonyl (C=O) groups is 2. The lowest BCUT2D eigenvalue weighted by Crippen LogP contribution is -2.41. The van der Waals surface area contributed by atoms with Crippen LogP contribution in [-0.2, 0) is 11.2 Å². The molecule has 0 aliphatic heterocycles. The molecule has 1 aromatic carbocycles. The number of para-hydroxylation sites is 1. The molecule has 3 aromatic heterocycles. The summed E-state index contributed by atoms with van der Waals surface area (Å²) < 4.78 is 10.6. The number of aryl methyl sites for hydroxylation is 1. The van der Waals surface area contributed by atoms with Gasteiger partial charge in [0.25, 0.3) is 5.91 Å². The highest BCUT2D eigenvalue weighted by Crippen LogP contribution is 2.25. The smallest absolute Gasteiger partial charge is 0.270 e. The molecule has 0 unspecified atom stereocenters. The number of fused-ring (bicyclic) bond motifs is 1. The van der Waals surface area contributed by atoms with Crippen molar-refractivity contribution in [2.24, 2.45) is 0 Å². The van der Waals surface area contributed by atoms with Gasteiger partial charge in [0.1, 0.15) is 11.5 Å². The maximum absolute atomic E-state index is 12.7. The van der Waals surface area contributed by atoms with Gasteiger partial charge < -0.3 is 8.83 Å². The van der Waals surface area contributed by atoms with Gasteiger partial charge >= 0.3 is 0 Å². The first-order valence-electron chi connectivity index (χ1n) is 8.76. The first-order chi connectivity index (χ1) is 13.7. The van der Waals surface area contributed by atoms with Crippen molar-refractivity contribution >= 4 is 22.7 Å². The molecule has 0 saturated heterocycles. The molecule has 4 aromatic rings. The van der Waals surface area contributed by atoms with Crippen molar-refractivity contribution in [3.05, 3.63) is 78.4 Å². The molecule has 140 valence electrons. The van der Waals surface area contributed by atoms with Gasteiger partial charge in [-0.1, -0.05) is 18.2 Å². The van der Waals surface area contributed by atoms with E-state index in [1.807, 2.05) is 24.3 Å². The van der Waals surface area contributed by atoms with Crippen molar-refractivity contribution in [3.8, 4) is 11.5 Å². The highest BCUT2D eigenvalue weighted by molar-refractivity contribution is 6.07. The van der Waals surface area contributed by atoms with E-state index in [2.05, 4.69) is 15.8 Å². The molecule has 2 amide bonds. The predicted octanol–water partition coefficient (Wildman–Crippen LogP) is 3.48. The lowest BCUT2D eigenvalue weighted by atomic mass is 10.1. The number of rotatable bonds is 5. The normalized spacial score (nSPS) is 10.7. The Morgan fingerprint density at radius 1 is 0.929 bits per heavy atom. The minimum atomic E-state index is -0.433. The Morgan fingerprint density at radius 2 is 1.75 bits per heavy atom. The minimum absolute atomic E-state index is 0.197. The Kier molecular flexibility index (Phi) is 4.88. The molecule has 0 bridgehead atoms. The van der Waals surface area contributed by atoms with Gasteiger partial charge in [-0.25, -0.2) is 4.98 Å². The second-order valence-corrected chi connectivity index (χ2v) is 6.13. The highest BCUT2D eigenvalue weighted by atomic mass is 16.3. The first-order valence-corrected chi connectivity index (χ1v) is 8.76. The fourth-order valence-corrected chi connectivity index (χ4v) is 2.86. The molecule has 0 spiro atoms. The van der Waals surface area contributed by atoms with Crippen molar-refractivity contribution in [1.29, 1.82) is 0 Å². The molecule has 0 saturated carbocycles. The highest BCUT2D eigenvalue weighted by Gasteiger charge is 2.15. The average molecular weight is 375 g/mol. The zero-order chi connectivity index (χ0) is 19.3. The molecule has 28 heavy (non-hydrogen) atoms. The summed E-state index contributed by atoms with van der Waals surface area (Å²) in [6, 6.07) is 16.0. The monoisotopic (exact) mass is 375 g/mol. The van der Waals surface area contributed by atoms with E-state index in [1.54, 1.807) is 42.9 Å². The number of hydrazine groups is 1. The number of amides is 2. The van der Waals surface area contributed by atoms with E-state index in [1.165, 1.54) is 0 Å². The van der Waals surface area contributed by atoms with Crippen LogP contribution in [0.4, 0.5) is 0 Å². The zero-order valence-electron chi connectivity index (χ0n) is 14.8. The van der Waals surface area contributed by atoms with Crippen molar-refractivity contribution in [2.75, 3.05) is 0 Å². The van der Waals surface area contributed by atoms with E-state index in [-0.39, 0.29) is 12.3 Å². The molecule has 0 aliphatic carbocycles. The number of hydrogen-bond donors (Lipinski definition) is 2. The van der Waals surface area contributed by atoms with Gasteiger partial charge in [0.15, 0.2) is 5.76 Å². The molecule has 0 fully saturated rings. The summed E-state index contributed by atoms with van der Waals surface area (Å²) >= 11 is 0. The van der Waals surface area contributed by atoms with Crippen LogP contribution in [-0.4, -0.2) is 16.8 Å². The van der Waals surface area contributed by atoms with Crippen LogP contribution in [0.25, 0.3) is 22.4 Å². The number of benzene rings is 1. The van der Waals surface area contributed by atoms with E-state index >= 15 is 0 Å². The number of furan rings is 2. The summed E-state index contributed by atoms with van der Waals surface area (Å²) in [5, 5.41) is 0.681. The zero-order valence-corrected chi connectivity index (χ0v) is 14.8. The van der Waals surface area contributed by atoms with Crippen LogP contribution in [0.3, 0.4) is 0 Å². The summed E-state index contributed by atoms with van der Waals surface area (Å²) in [5.41, 5.74) is 6.49. The fourth-order valence-electron chi connectivity index (χ4n) is 2.86. The standard InChI is InChI=1S/C21H17N3O4/c25-20(10-9-14-5-3-11-27-14)23-24-21(26)16-13-18(19-8-4-12-28-19)22-17-7-2-1-6-15(16)17/h1-8,11-13H,9-10H2,(H,23,25)(H,24,26). The van der Waals surface area contributed by atoms with E-state index in [9.17, 15) is 9.59 Å². The molecule has 7 nitrogen and oxygen atoms in total. The molecule has 3 heterocycles. The number of carbonyl (C=O) groups excluding carboxylic acids is 2. The summed E-state index contributed by atoms with van der Waals surface area (Å²) in [4.78, 5) is 29.3. The fraction of sp³-hybridized carbons (Fsp3) is 0.0952. The molecular weight excluding hydrogens is 358 g/mol. The van der Waals surface area contributed by atoms with Crippen molar-refractivity contribution in [2.45, 2.75) is 12.8 Å². The van der Waals surface area contributed by atoms with Crippen molar-refractivity contribution < 1.29 is 18.4 Å². The van der Waals surface area contributed by atoms with Crippen LogP contribution < -0.4 is 10.9 Å². The third-order valence-electron chi connectivity index (χ3n) is 4.23. The third kappa shape index (κ3) is 3.78.